The molecule has 0 fully saturated rings. The van der Waals surface area contributed by atoms with Crippen LogP contribution in [0, 0.1) is 10.8 Å². The van der Waals surface area contributed by atoms with E-state index >= 15 is 0 Å². The van der Waals surface area contributed by atoms with E-state index in [-0.39, 0.29) is 0 Å². The summed E-state index contributed by atoms with van der Waals surface area (Å²) in [5.41, 5.74) is 1.18. The number of hydrogen-bond acceptors (Lipinski definition) is 2. The zero-order chi connectivity index (χ0) is 21.8. The molecule has 2 heteroatoms. The monoisotopic (exact) mass is 444 g/mol. The third kappa shape index (κ3) is 17.0. The van der Waals surface area contributed by atoms with Crippen molar-refractivity contribution < 1.29 is 0 Å². The fourth-order valence-corrected chi connectivity index (χ4v) is 7.03. The zero-order valence-corrected chi connectivity index (χ0v) is 22.9. The highest BCUT2D eigenvalue weighted by Crippen LogP contribution is 2.40. The van der Waals surface area contributed by atoms with Crippen molar-refractivity contribution in [1.82, 2.24) is 0 Å². The van der Waals surface area contributed by atoms with Crippen molar-refractivity contribution in [2.24, 2.45) is 10.8 Å². The minimum atomic E-state index is 0.590. The van der Waals surface area contributed by atoms with Crippen molar-refractivity contribution in [1.29, 1.82) is 0 Å². The highest BCUT2D eigenvalue weighted by Gasteiger charge is 2.24. The van der Waals surface area contributed by atoms with Crippen LogP contribution in [0.3, 0.4) is 0 Å². The Morgan fingerprint density at radius 3 is 1.17 bits per heavy atom. The molecule has 2 atom stereocenters. The maximum absolute atomic E-state index is 2.58. The van der Waals surface area contributed by atoms with E-state index in [4.69, 9.17) is 0 Å². The molecule has 29 heavy (non-hydrogen) atoms. The predicted octanol–water partition coefficient (Wildman–Crippen LogP) is 11.1. The summed E-state index contributed by atoms with van der Waals surface area (Å²) in [6, 6.07) is 0. The van der Waals surface area contributed by atoms with Crippen LogP contribution in [-0.2, 0) is 0 Å². The third-order valence-corrected chi connectivity index (χ3v) is 9.36. The summed E-state index contributed by atoms with van der Waals surface area (Å²) < 4.78 is 0. The molecule has 0 heterocycles. The Kier molecular flexibility index (Phi) is 19.9. The molecule has 0 nitrogen and oxygen atoms in total. The van der Waals surface area contributed by atoms with Gasteiger partial charge in [-0.15, -0.1) is 0 Å². The van der Waals surface area contributed by atoms with E-state index in [9.17, 15) is 0 Å². The van der Waals surface area contributed by atoms with Crippen LogP contribution in [-0.4, -0.2) is 11.5 Å². The second-order valence-electron chi connectivity index (χ2n) is 10.2. The van der Waals surface area contributed by atoms with Gasteiger partial charge < -0.3 is 0 Å². The van der Waals surface area contributed by atoms with Crippen LogP contribution in [0.25, 0.3) is 0 Å². The van der Waals surface area contributed by atoms with Gasteiger partial charge in [0.2, 0.25) is 0 Å². The lowest BCUT2D eigenvalue weighted by Gasteiger charge is -2.31. The van der Waals surface area contributed by atoms with E-state index in [0.717, 1.165) is 0 Å². The molecular formula is C27H56S2. The van der Waals surface area contributed by atoms with Crippen LogP contribution in [0.1, 0.15) is 151 Å². The first kappa shape index (κ1) is 29.7. The summed E-state index contributed by atoms with van der Waals surface area (Å²) in [5, 5.41) is 0. The maximum atomic E-state index is 2.58. The van der Waals surface area contributed by atoms with Crippen LogP contribution < -0.4 is 0 Å². The van der Waals surface area contributed by atoms with Crippen molar-refractivity contribution in [3.05, 3.63) is 0 Å². The van der Waals surface area contributed by atoms with E-state index < -0.39 is 0 Å². The Hall–Kier alpha value is 0.700. The smallest absolute Gasteiger partial charge is 0.00421 e. The van der Waals surface area contributed by atoms with Gasteiger partial charge in [-0.05, 0) is 49.4 Å². The standard InChI is InChI=1S/C27H56S2/c1-7-11-15-17-21-27(6,19-14-10-4)23-25-29-28-24-22-26(5,18-13-9-3)20-16-12-8-2/h7-25H2,1-6H3. The molecule has 0 rings (SSSR count). The largest absolute Gasteiger partial charge is 0.0941 e. The fourth-order valence-electron chi connectivity index (χ4n) is 4.43. The Balaban J connectivity index is 4.20. The highest BCUT2D eigenvalue weighted by molar-refractivity contribution is 8.76. The van der Waals surface area contributed by atoms with Gasteiger partial charge in [0, 0.05) is 11.5 Å². The molecule has 0 saturated heterocycles. The zero-order valence-electron chi connectivity index (χ0n) is 21.3. The molecule has 2 unspecified atom stereocenters. The molecule has 0 saturated carbocycles. The lowest BCUT2D eigenvalue weighted by Crippen LogP contribution is -2.18. The Bertz CT molecular complexity index is 343. The Morgan fingerprint density at radius 1 is 0.414 bits per heavy atom. The molecule has 0 aromatic carbocycles. The molecule has 176 valence electrons. The van der Waals surface area contributed by atoms with Gasteiger partial charge in [-0.2, -0.15) is 0 Å². The topological polar surface area (TPSA) is 0 Å². The first-order valence-corrected chi connectivity index (χ1v) is 15.7. The lowest BCUT2D eigenvalue weighted by atomic mass is 9.78. The van der Waals surface area contributed by atoms with Crippen molar-refractivity contribution in [3.8, 4) is 0 Å². The normalized spacial score (nSPS) is 15.9. The first-order valence-electron chi connectivity index (χ1n) is 13.2. The summed E-state index contributed by atoms with van der Waals surface area (Å²) in [6.45, 7) is 14.5. The van der Waals surface area contributed by atoms with Crippen LogP contribution in [0.15, 0.2) is 0 Å². The van der Waals surface area contributed by atoms with Gasteiger partial charge in [-0.3, -0.25) is 0 Å². The van der Waals surface area contributed by atoms with Crippen molar-refractivity contribution in [2.45, 2.75) is 151 Å². The van der Waals surface area contributed by atoms with Crippen molar-refractivity contribution in [2.75, 3.05) is 11.5 Å². The summed E-state index contributed by atoms with van der Waals surface area (Å²) in [7, 11) is 4.33. The molecule has 0 aromatic rings. The Labute approximate surface area is 194 Å². The van der Waals surface area contributed by atoms with Gasteiger partial charge in [-0.25, -0.2) is 0 Å². The van der Waals surface area contributed by atoms with Gasteiger partial charge in [0.1, 0.15) is 0 Å². The average molecular weight is 445 g/mol. The minimum absolute atomic E-state index is 0.590. The molecule has 0 aliphatic heterocycles. The molecule has 0 N–H and O–H groups in total. The number of hydrogen-bond donors (Lipinski definition) is 0. The van der Waals surface area contributed by atoms with Crippen molar-refractivity contribution in [3.63, 3.8) is 0 Å². The molecule has 0 aliphatic carbocycles. The van der Waals surface area contributed by atoms with Crippen LogP contribution in [0.5, 0.6) is 0 Å². The highest BCUT2D eigenvalue weighted by atomic mass is 33.1. The molecule has 0 bridgehead atoms. The summed E-state index contributed by atoms with van der Waals surface area (Å²) >= 11 is 0. The molecule has 0 aromatic heterocycles. The quantitative estimate of drug-likeness (QED) is 0.120. The molecule has 0 spiro atoms. The van der Waals surface area contributed by atoms with E-state index in [0.29, 0.717) is 10.8 Å². The van der Waals surface area contributed by atoms with Crippen LogP contribution in [0.4, 0.5) is 0 Å². The predicted molar refractivity (Wildman–Crippen MR) is 142 cm³/mol. The Morgan fingerprint density at radius 2 is 0.759 bits per heavy atom. The van der Waals surface area contributed by atoms with E-state index in [1.54, 1.807) is 0 Å². The first-order chi connectivity index (χ1) is 13.9. The molecule has 0 aliphatic rings. The van der Waals surface area contributed by atoms with Crippen LogP contribution >= 0.6 is 21.6 Å². The van der Waals surface area contributed by atoms with Gasteiger partial charge in [0.15, 0.2) is 0 Å². The molecular weight excluding hydrogens is 388 g/mol. The van der Waals surface area contributed by atoms with Crippen molar-refractivity contribution >= 4 is 21.6 Å². The summed E-state index contributed by atoms with van der Waals surface area (Å²) in [4.78, 5) is 0. The minimum Gasteiger partial charge on any atom is -0.0941 e. The average Bonchev–Trinajstić information content (AvgIpc) is 2.71. The summed E-state index contributed by atoms with van der Waals surface area (Å²) in [5.74, 6) is 2.69. The maximum Gasteiger partial charge on any atom is 0.00421 e. The fraction of sp³-hybridized carbons (Fsp3) is 1.00. The summed E-state index contributed by atoms with van der Waals surface area (Å²) in [6.07, 6.45) is 24.0. The SMILES string of the molecule is CCCCCCC(C)(CCCC)CCSSCCC(C)(CCCC)CCCCC. The van der Waals surface area contributed by atoms with Crippen LogP contribution in [0.2, 0.25) is 0 Å². The second kappa shape index (κ2) is 19.4. The van der Waals surface area contributed by atoms with Gasteiger partial charge in [-0.1, -0.05) is 134 Å². The number of rotatable bonds is 22. The van der Waals surface area contributed by atoms with E-state index in [1.807, 2.05) is 0 Å². The molecule has 0 amide bonds. The third-order valence-electron chi connectivity index (χ3n) is 6.95. The molecule has 0 radical (unpaired) electrons. The van der Waals surface area contributed by atoms with E-state index in [2.05, 4.69) is 63.1 Å². The second-order valence-corrected chi connectivity index (χ2v) is 12.9. The van der Waals surface area contributed by atoms with Gasteiger partial charge >= 0.3 is 0 Å². The number of unbranched alkanes of at least 4 members (excludes halogenated alkanes) is 7. The lowest BCUT2D eigenvalue weighted by molar-refractivity contribution is 0.245. The van der Waals surface area contributed by atoms with Gasteiger partial charge in [0.05, 0.1) is 0 Å². The van der Waals surface area contributed by atoms with Gasteiger partial charge in [0.25, 0.3) is 0 Å². The van der Waals surface area contributed by atoms with E-state index in [1.165, 1.54) is 121 Å².